The number of aliphatic hydroxyl groups is 1. The molecule has 0 aliphatic rings. The SMILES string of the molecule is CCOCCC(O)CCc1cnn(C)c1. The van der Waals surface area contributed by atoms with Gasteiger partial charge in [0.25, 0.3) is 0 Å². The molecule has 0 fully saturated rings. The zero-order chi connectivity index (χ0) is 11.1. The molecule has 1 rings (SSSR count). The van der Waals surface area contributed by atoms with E-state index in [-0.39, 0.29) is 6.10 Å². The smallest absolute Gasteiger partial charge is 0.0565 e. The molecular formula is C11H20N2O2. The average molecular weight is 212 g/mol. The Balaban J connectivity index is 2.13. The summed E-state index contributed by atoms with van der Waals surface area (Å²) in [4.78, 5) is 0. The van der Waals surface area contributed by atoms with Gasteiger partial charge in [-0.05, 0) is 31.7 Å². The summed E-state index contributed by atoms with van der Waals surface area (Å²) in [6, 6.07) is 0. The van der Waals surface area contributed by atoms with Crippen LogP contribution in [-0.4, -0.2) is 34.2 Å². The largest absolute Gasteiger partial charge is 0.393 e. The molecule has 4 heteroatoms. The molecule has 1 aromatic heterocycles. The van der Waals surface area contributed by atoms with Crippen LogP contribution in [0.4, 0.5) is 0 Å². The monoisotopic (exact) mass is 212 g/mol. The van der Waals surface area contributed by atoms with Crippen LogP contribution in [0.1, 0.15) is 25.3 Å². The molecule has 1 atom stereocenters. The lowest BCUT2D eigenvalue weighted by Crippen LogP contribution is -2.11. The molecule has 1 heterocycles. The third-order valence-electron chi connectivity index (χ3n) is 2.32. The van der Waals surface area contributed by atoms with Crippen LogP contribution < -0.4 is 0 Å². The number of aromatic nitrogens is 2. The van der Waals surface area contributed by atoms with Crippen LogP contribution in [-0.2, 0) is 18.2 Å². The summed E-state index contributed by atoms with van der Waals surface area (Å²) in [5, 5.41) is 13.7. The first-order valence-corrected chi connectivity index (χ1v) is 5.45. The van der Waals surface area contributed by atoms with E-state index < -0.39 is 0 Å². The van der Waals surface area contributed by atoms with Crippen molar-refractivity contribution >= 4 is 0 Å². The molecule has 1 aromatic rings. The van der Waals surface area contributed by atoms with E-state index >= 15 is 0 Å². The number of aliphatic hydroxyl groups excluding tert-OH is 1. The first-order valence-electron chi connectivity index (χ1n) is 5.45. The molecular weight excluding hydrogens is 192 g/mol. The van der Waals surface area contributed by atoms with E-state index in [1.807, 2.05) is 26.4 Å². The van der Waals surface area contributed by atoms with Crippen molar-refractivity contribution in [2.75, 3.05) is 13.2 Å². The maximum absolute atomic E-state index is 9.64. The van der Waals surface area contributed by atoms with Gasteiger partial charge in [-0.1, -0.05) is 0 Å². The lowest BCUT2D eigenvalue weighted by molar-refractivity contribution is 0.0845. The van der Waals surface area contributed by atoms with E-state index in [1.165, 1.54) is 5.56 Å². The Morgan fingerprint density at radius 3 is 2.93 bits per heavy atom. The summed E-state index contributed by atoms with van der Waals surface area (Å²) >= 11 is 0. The van der Waals surface area contributed by atoms with Gasteiger partial charge in [-0.2, -0.15) is 5.10 Å². The van der Waals surface area contributed by atoms with Gasteiger partial charge in [-0.15, -0.1) is 0 Å². The molecule has 0 saturated carbocycles. The van der Waals surface area contributed by atoms with Gasteiger partial charge in [0.15, 0.2) is 0 Å². The molecule has 0 aliphatic heterocycles. The maximum Gasteiger partial charge on any atom is 0.0565 e. The lowest BCUT2D eigenvalue weighted by Gasteiger charge is -2.09. The molecule has 0 amide bonds. The minimum absolute atomic E-state index is 0.267. The first-order chi connectivity index (χ1) is 7.22. The van der Waals surface area contributed by atoms with Crippen molar-refractivity contribution in [2.24, 2.45) is 7.05 Å². The molecule has 15 heavy (non-hydrogen) atoms. The van der Waals surface area contributed by atoms with Gasteiger partial charge in [-0.25, -0.2) is 0 Å². The van der Waals surface area contributed by atoms with Crippen LogP contribution in [0, 0.1) is 0 Å². The van der Waals surface area contributed by atoms with Crippen LogP contribution in [0.25, 0.3) is 0 Å². The molecule has 0 saturated heterocycles. The van der Waals surface area contributed by atoms with E-state index in [2.05, 4.69) is 5.10 Å². The zero-order valence-corrected chi connectivity index (χ0v) is 9.52. The van der Waals surface area contributed by atoms with E-state index in [4.69, 9.17) is 4.74 Å². The number of nitrogens with zero attached hydrogens (tertiary/aromatic N) is 2. The van der Waals surface area contributed by atoms with Crippen LogP contribution in [0.5, 0.6) is 0 Å². The van der Waals surface area contributed by atoms with Crippen LogP contribution in [0.2, 0.25) is 0 Å². The highest BCUT2D eigenvalue weighted by Crippen LogP contribution is 2.06. The minimum Gasteiger partial charge on any atom is -0.393 e. The molecule has 0 aliphatic carbocycles. The van der Waals surface area contributed by atoms with Crippen molar-refractivity contribution in [3.8, 4) is 0 Å². The van der Waals surface area contributed by atoms with Crippen molar-refractivity contribution in [2.45, 2.75) is 32.3 Å². The Bertz CT molecular complexity index is 273. The highest BCUT2D eigenvalue weighted by atomic mass is 16.5. The van der Waals surface area contributed by atoms with Crippen LogP contribution in [0.15, 0.2) is 12.4 Å². The van der Waals surface area contributed by atoms with Gasteiger partial charge in [0, 0.05) is 26.5 Å². The third-order valence-corrected chi connectivity index (χ3v) is 2.32. The summed E-state index contributed by atoms with van der Waals surface area (Å²) in [7, 11) is 1.90. The third kappa shape index (κ3) is 4.95. The fourth-order valence-electron chi connectivity index (χ4n) is 1.44. The molecule has 1 unspecified atom stereocenters. The highest BCUT2D eigenvalue weighted by Gasteiger charge is 2.05. The van der Waals surface area contributed by atoms with Gasteiger partial charge in [-0.3, -0.25) is 4.68 Å². The molecule has 0 aromatic carbocycles. The Labute approximate surface area is 90.9 Å². The van der Waals surface area contributed by atoms with Crippen molar-refractivity contribution in [3.63, 3.8) is 0 Å². The predicted octanol–water partition coefficient (Wildman–Crippen LogP) is 1.14. The quantitative estimate of drug-likeness (QED) is 0.689. The standard InChI is InChI=1S/C11H20N2O2/c1-3-15-7-6-11(14)5-4-10-8-12-13(2)9-10/h8-9,11,14H,3-7H2,1-2H3. The van der Waals surface area contributed by atoms with Gasteiger partial charge in [0.2, 0.25) is 0 Å². The summed E-state index contributed by atoms with van der Waals surface area (Å²) in [6.45, 7) is 3.32. The van der Waals surface area contributed by atoms with Crippen LogP contribution in [0.3, 0.4) is 0 Å². The van der Waals surface area contributed by atoms with E-state index in [9.17, 15) is 5.11 Å². The number of aryl methyl sites for hydroxylation is 2. The Morgan fingerprint density at radius 2 is 2.33 bits per heavy atom. The average Bonchev–Trinajstić information content (AvgIpc) is 2.62. The Morgan fingerprint density at radius 1 is 1.53 bits per heavy atom. The molecule has 1 N–H and O–H groups in total. The van der Waals surface area contributed by atoms with Gasteiger partial charge < -0.3 is 9.84 Å². The van der Waals surface area contributed by atoms with Gasteiger partial charge >= 0.3 is 0 Å². The normalized spacial score (nSPS) is 13.0. The van der Waals surface area contributed by atoms with E-state index in [1.54, 1.807) is 4.68 Å². The summed E-state index contributed by atoms with van der Waals surface area (Å²) in [5.74, 6) is 0. The number of rotatable bonds is 7. The van der Waals surface area contributed by atoms with Crippen molar-refractivity contribution < 1.29 is 9.84 Å². The predicted molar refractivity (Wildman–Crippen MR) is 58.6 cm³/mol. The molecule has 0 bridgehead atoms. The van der Waals surface area contributed by atoms with Gasteiger partial charge in [0.1, 0.15) is 0 Å². The fraction of sp³-hybridized carbons (Fsp3) is 0.727. The van der Waals surface area contributed by atoms with E-state index in [0.717, 1.165) is 19.4 Å². The minimum atomic E-state index is -0.267. The summed E-state index contributed by atoms with van der Waals surface area (Å²) in [6.07, 6.45) is 5.93. The fourth-order valence-corrected chi connectivity index (χ4v) is 1.44. The maximum atomic E-state index is 9.64. The number of hydrogen-bond acceptors (Lipinski definition) is 3. The highest BCUT2D eigenvalue weighted by molar-refractivity contribution is 5.03. The second-order valence-electron chi connectivity index (χ2n) is 3.70. The topological polar surface area (TPSA) is 47.3 Å². The van der Waals surface area contributed by atoms with Crippen molar-refractivity contribution in [1.29, 1.82) is 0 Å². The summed E-state index contributed by atoms with van der Waals surface area (Å²) in [5.41, 5.74) is 1.17. The molecule has 4 nitrogen and oxygen atoms in total. The van der Waals surface area contributed by atoms with E-state index in [0.29, 0.717) is 13.0 Å². The summed E-state index contributed by atoms with van der Waals surface area (Å²) < 4.78 is 6.96. The van der Waals surface area contributed by atoms with Crippen LogP contribution >= 0.6 is 0 Å². The zero-order valence-electron chi connectivity index (χ0n) is 9.52. The lowest BCUT2D eigenvalue weighted by atomic mass is 10.1. The second-order valence-corrected chi connectivity index (χ2v) is 3.70. The second kappa shape index (κ2) is 6.58. The van der Waals surface area contributed by atoms with Crippen molar-refractivity contribution in [3.05, 3.63) is 18.0 Å². The number of hydrogen-bond donors (Lipinski definition) is 1. The molecule has 0 radical (unpaired) electrons. The molecule has 86 valence electrons. The Hall–Kier alpha value is -0.870. The number of ether oxygens (including phenoxy) is 1. The van der Waals surface area contributed by atoms with Gasteiger partial charge in [0.05, 0.1) is 12.3 Å². The molecule has 0 spiro atoms. The van der Waals surface area contributed by atoms with Crippen molar-refractivity contribution in [1.82, 2.24) is 9.78 Å². The first kappa shape index (κ1) is 12.2. The Kier molecular flexibility index (Phi) is 5.36.